The monoisotopic (exact) mass is 749 g/mol. The van der Waals surface area contributed by atoms with Gasteiger partial charge in [0.05, 0.1) is 5.41 Å². The van der Waals surface area contributed by atoms with Crippen LogP contribution < -0.4 is 0 Å². The lowest BCUT2D eigenvalue weighted by molar-refractivity contribution is 0.501. The van der Waals surface area contributed by atoms with Crippen LogP contribution in [0.1, 0.15) is 78.6 Å². The first-order valence-corrected chi connectivity index (χ1v) is 20.8. The van der Waals surface area contributed by atoms with Crippen LogP contribution in [0.5, 0.6) is 0 Å². The van der Waals surface area contributed by atoms with Gasteiger partial charge >= 0.3 is 0 Å². The Morgan fingerprint density at radius 3 is 2.40 bits per heavy atom. The maximum absolute atomic E-state index is 5.29. The van der Waals surface area contributed by atoms with Gasteiger partial charge in [0.1, 0.15) is 12.2 Å². The van der Waals surface area contributed by atoms with E-state index in [9.17, 15) is 0 Å². The van der Waals surface area contributed by atoms with Gasteiger partial charge in [-0.05, 0) is 95.2 Å². The summed E-state index contributed by atoms with van der Waals surface area (Å²) in [7, 11) is 0. The van der Waals surface area contributed by atoms with Crippen molar-refractivity contribution in [2.24, 2.45) is 5.92 Å². The van der Waals surface area contributed by atoms with Crippen LogP contribution in [0.15, 0.2) is 211 Å². The number of hydrogen-bond donors (Lipinski definition) is 0. The van der Waals surface area contributed by atoms with Gasteiger partial charge in [-0.1, -0.05) is 188 Å². The molecule has 0 N–H and O–H groups in total. The Balaban J connectivity index is 1.07. The molecule has 3 heteroatoms. The van der Waals surface area contributed by atoms with Crippen LogP contribution in [0.4, 0.5) is 0 Å². The normalized spacial score (nSPS) is 24.5. The largest absolute Gasteiger partial charge is 0.221 e. The van der Waals surface area contributed by atoms with Gasteiger partial charge < -0.3 is 0 Å². The van der Waals surface area contributed by atoms with Gasteiger partial charge in [0, 0.05) is 22.8 Å². The van der Waals surface area contributed by atoms with Crippen molar-refractivity contribution in [3.8, 4) is 11.4 Å². The molecule has 10 rings (SSSR count). The number of fused-ring (bicyclic) bond motifs is 4. The van der Waals surface area contributed by atoms with E-state index in [1.165, 1.54) is 61.3 Å². The molecule has 1 aromatic heterocycles. The van der Waals surface area contributed by atoms with Crippen molar-refractivity contribution in [2.75, 3.05) is 0 Å². The minimum atomic E-state index is -0.382. The van der Waals surface area contributed by atoms with Crippen molar-refractivity contribution >= 4 is 11.1 Å². The molecule has 0 amide bonds. The number of allylic oxidation sites excluding steroid dienone is 23. The average Bonchev–Trinajstić information content (AvgIpc) is 3.62. The standard InChI is InChI=1S/C55H47N3/c1-3-49-38(2)46-32-30-40(35-51(46)55(49,45-26-16-9-17-27-45)44-24-12-6-7-13-25-44)53-57-37-56-52(58-53)39-31-33-47-41(34-39)36-54(43-22-14-8-15-23-43,42-20-10-4-5-11-21-42)50-29-19-18-28-48(47)50/h3-16,18-20,22-26,28-30,32-35,37,39,44H,1,17,21,27,31,36H2,2H3. The molecule has 6 aliphatic carbocycles. The van der Waals surface area contributed by atoms with E-state index in [1.54, 1.807) is 6.33 Å². The molecule has 6 aliphatic rings. The fourth-order valence-electron chi connectivity index (χ4n) is 10.8. The summed E-state index contributed by atoms with van der Waals surface area (Å²) >= 11 is 0. The van der Waals surface area contributed by atoms with Gasteiger partial charge in [0.2, 0.25) is 0 Å². The SMILES string of the molecule is C=CC1=C(C)c2ccc(-c3ncnc(C4C=C5CC(C6=CC=CC=CC6)(c6ccccc6)c6ccccc6C5=CC4)n3)cc2C1(C1=CC=CCC1)C1C=CC=CC=C1. The summed E-state index contributed by atoms with van der Waals surface area (Å²) in [5.74, 6) is 1.67. The minimum Gasteiger partial charge on any atom is -0.221 e. The topological polar surface area (TPSA) is 38.7 Å². The van der Waals surface area contributed by atoms with Crippen LogP contribution in [0.25, 0.3) is 22.5 Å². The quantitative estimate of drug-likeness (QED) is 0.189. The highest BCUT2D eigenvalue weighted by atomic mass is 15.0. The fraction of sp³-hybridized carbons (Fsp3) is 0.182. The number of nitrogens with zero attached hydrogens (tertiary/aromatic N) is 3. The Morgan fingerprint density at radius 2 is 1.57 bits per heavy atom. The van der Waals surface area contributed by atoms with Gasteiger partial charge in [-0.3, -0.25) is 0 Å². The second kappa shape index (κ2) is 14.8. The van der Waals surface area contributed by atoms with Crippen LogP contribution >= 0.6 is 0 Å². The van der Waals surface area contributed by atoms with E-state index in [0.717, 1.165) is 43.5 Å². The Kier molecular flexibility index (Phi) is 9.17. The zero-order valence-corrected chi connectivity index (χ0v) is 33.1. The molecule has 0 aliphatic heterocycles. The van der Waals surface area contributed by atoms with Crippen LogP contribution in [-0.4, -0.2) is 15.0 Å². The smallest absolute Gasteiger partial charge is 0.163 e. The zero-order valence-electron chi connectivity index (χ0n) is 33.1. The predicted octanol–water partition coefficient (Wildman–Crippen LogP) is 13.0. The van der Waals surface area contributed by atoms with E-state index in [1.807, 2.05) is 0 Å². The molecule has 0 saturated heterocycles. The molecule has 0 radical (unpaired) electrons. The maximum Gasteiger partial charge on any atom is 0.163 e. The molecular formula is C55H47N3. The number of hydrogen-bond acceptors (Lipinski definition) is 3. The van der Waals surface area contributed by atoms with Crippen molar-refractivity contribution in [1.29, 1.82) is 0 Å². The minimum absolute atomic E-state index is 0.0277. The maximum atomic E-state index is 5.29. The highest BCUT2D eigenvalue weighted by molar-refractivity contribution is 5.88. The van der Waals surface area contributed by atoms with Gasteiger partial charge in [-0.2, -0.15) is 0 Å². The van der Waals surface area contributed by atoms with E-state index in [0.29, 0.717) is 5.82 Å². The molecular weight excluding hydrogens is 703 g/mol. The molecule has 3 nitrogen and oxygen atoms in total. The Labute approximate surface area is 342 Å². The third kappa shape index (κ3) is 5.67. The van der Waals surface area contributed by atoms with E-state index >= 15 is 0 Å². The number of benzene rings is 3. The summed E-state index contributed by atoms with van der Waals surface area (Å²) in [4.78, 5) is 15.0. The second-order valence-corrected chi connectivity index (χ2v) is 16.2. The molecule has 0 saturated carbocycles. The molecule has 0 spiro atoms. The van der Waals surface area contributed by atoms with Crippen LogP contribution in [0.2, 0.25) is 0 Å². The van der Waals surface area contributed by atoms with E-state index in [4.69, 9.17) is 15.0 Å². The first kappa shape index (κ1) is 35.9. The molecule has 282 valence electrons. The molecule has 0 fully saturated rings. The second-order valence-electron chi connectivity index (χ2n) is 16.2. The summed E-state index contributed by atoms with van der Waals surface area (Å²) in [5, 5.41) is 0. The fourth-order valence-corrected chi connectivity index (χ4v) is 10.8. The molecule has 4 aromatic rings. The van der Waals surface area contributed by atoms with Gasteiger partial charge in [-0.15, -0.1) is 0 Å². The highest BCUT2D eigenvalue weighted by Crippen LogP contribution is 2.59. The number of aromatic nitrogens is 3. The van der Waals surface area contributed by atoms with Crippen molar-refractivity contribution in [3.05, 3.63) is 245 Å². The average molecular weight is 750 g/mol. The van der Waals surface area contributed by atoms with E-state index in [-0.39, 0.29) is 22.7 Å². The van der Waals surface area contributed by atoms with Crippen molar-refractivity contribution < 1.29 is 0 Å². The summed E-state index contributed by atoms with van der Waals surface area (Å²) in [5.41, 5.74) is 15.0. The Morgan fingerprint density at radius 1 is 0.759 bits per heavy atom. The first-order valence-electron chi connectivity index (χ1n) is 20.8. The summed E-state index contributed by atoms with van der Waals surface area (Å²) in [6.07, 6.45) is 44.7. The van der Waals surface area contributed by atoms with Gasteiger partial charge in [0.25, 0.3) is 0 Å². The van der Waals surface area contributed by atoms with E-state index in [2.05, 4.69) is 190 Å². The van der Waals surface area contributed by atoms with Crippen molar-refractivity contribution in [1.82, 2.24) is 15.0 Å². The van der Waals surface area contributed by atoms with Crippen LogP contribution in [0, 0.1) is 5.92 Å². The van der Waals surface area contributed by atoms with Gasteiger partial charge in [-0.25, -0.2) is 15.0 Å². The molecule has 1 heterocycles. The van der Waals surface area contributed by atoms with Gasteiger partial charge in [0.15, 0.2) is 5.82 Å². The van der Waals surface area contributed by atoms with Crippen LogP contribution in [-0.2, 0) is 10.8 Å². The number of rotatable bonds is 7. The third-order valence-corrected chi connectivity index (χ3v) is 13.3. The first-order chi connectivity index (χ1) is 28.6. The lowest BCUT2D eigenvalue weighted by Crippen LogP contribution is -2.36. The Bertz CT molecular complexity index is 2670. The highest BCUT2D eigenvalue weighted by Gasteiger charge is 2.50. The predicted molar refractivity (Wildman–Crippen MR) is 240 cm³/mol. The van der Waals surface area contributed by atoms with Crippen molar-refractivity contribution in [2.45, 2.75) is 55.8 Å². The summed E-state index contributed by atoms with van der Waals surface area (Å²) in [6.45, 7) is 6.67. The van der Waals surface area contributed by atoms with Crippen LogP contribution in [0.3, 0.4) is 0 Å². The Hall–Kier alpha value is -6.45. The molecule has 58 heavy (non-hydrogen) atoms. The summed E-state index contributed by atoms with van der Waals surface area (Å²) < 4.78 is 0. The molecule has 3 atom stereocenters. The molecule has 3 unspecified atom stereocenters. The van der Waals surface area contributed by atoms with E-state index < -0.39 is 0 Å². The lowest BCUT2D eigenvalue weighted by Gasteiger charge is -2.45. The van der Waals surface area contributed by atoms with Crippen molar-refractivity contribution in [3.63, 3.8) is 0 Å². The lowest BCUT2D eigenvalue weighted by atomic mass is 9.58. The third-order valence-electron chi connectivity index (χ3n) is 13.3. The molecule has 3 aromatic carbocycles. The zero-order chi connectivity index (χ0) is 39.1. The summed E-state index contributed by atoms with van der Waals surface area (Å²) in [6, 6.07) is 27.0. The molecule has 0 bridgehead atoms.